The van der Waals surface area contributed by atoms with Gasteiger partial charge in [-0.05, 0) is 49.9 Å². The van der Waals surface area contributed by atoms with Gasteiger partial charge in [-0.25, -0.2) is 0 Å². The van der Waals surface area contributed by atoms with Crippen LogP contribution < -0.4 is 10.6 Å². The molecular formula is C15H23N3O. The summed E-state index contributed by atoms with van der Waals surface area (Å²) in [7, 11) is 0. The number of hydrogen-bond donors (Lipinski definition) is 2. The molecule has 0 aromatic carbocycles. The van der Waals surface area contributed by atoms with Crippen LogP contribution in [-0.4, -0.2) is 30.5 Å². The molecule has 1 unspecified atom stereocenters. The van der Waals surface area contributed by atoms with Crippen molar-refractivity contribution in [3.8, 4) is 0 Å². The first kappa shape index (κ1) is 14.0. The first-order valence-corrected chi connectivity index (χ1v) is 6.99. The lowest BCUT2D eigenvalue weighted by Gasteiger charge is -2.34. The molecule has 2 rings (SSSR count). The zero-order valence-electron chi connectivity index (χ0n) is 11.8. The minimum Gasteiger partial charge on any atom is -0.355 e. The number of nitrogens with one attached hydrogen (secondary N) is 2. The summed E-state index contributed by atoms with van der Waals surface area (Å²) in [5.74, 6) is -0.0493. The Morgan fingerprint density at radius 1 is 1.53 bits per heavy atom. The SMILES string of the molecule is CC(C(=O)NCC1(C)CCNCC1)c1cccnc1. The number of nitrogens with zero attached hydrogens (tertiary/aromatic N) is 1. The number of amides is 1. The van der Waals surface area contributed by atoms with Crippen LogP contribution >= 0.6 is 0 Å². The molecule has 0 bridgehead atoms. The van der Waals surface area contributed by atoms with Crippen LogP contribution in [0.3, 0.4) is 0 Å². The lowest BCUT2D eigenvalue weighted by Crippen LogP contribution is -2.43. The summed E-state index contributed by atoms with van der Waals surface area (Å²) in [6, 6.07) is 3.82. The van der Waals surface area contributed by atoms with Gasteiger partial charge in [-0.2, -0.15) is 0 Å². The zero-order chi connectivity index (χ0) is 13.7. The van der Waals surface area contributed by atoms with E-state index in [1.54, 1.807) is 12.4 Å². The lowest BCUT2D eigenvalue weighted by atomic mass is 9.81. The Kier molecular flexibility index (Phi) is 4.53. The summed E-state index contributed by atoms with van der Waals surface area (Å²) in [4.78, 5) is 16.2. The number of piperidine rings is 1. The monoisotopic (exact) mass is 261 g/mol. The number of pyridine rings is 1. The van der Waals surface area contributed by atoms with E-state index in [1.165, 1.54) is 0 Å². The molecule has 4 nitrogen and oxygen atoms in total. The van der Waals surface area contributed by atoms with Crippen molar-refractivity contribution in [1.29, 1.82) is 0 Å². The summed E-state index contributed by atoms with van der Waals surface area (Å²) in [6.45, 7) is 7.03. The average molecular weight is 261 g/mol. The molecule has 1 amide bonds. The van der Waals surface area contributed by atoms with Gasteiger partial charge in [0.2, 0.25) is 5.91 Å². The highest BCUT2D eigenvalue weighted by molar-refractivity contribution is 5.83. The van der Waals surface area contributed by atoms with Crippen LogP contribution in [0.25, 0.3) is 0 Å². The van der Waals surface area contributed by atoms with E-state index in [0.29, 0.717) is 0 Å². The van der Waals surface area contributed by atoms with E-state index in [-0.39, 0.29) is 17.2 Å². The van der Waals surface area contributed by atoms with Gasteiger partial charge in [-0.1, -0.05) is 13.0 Å². The molecule has 1 saturated heterocycles. The quantitative estimate of drug-likeness (QED) is 0.867. The van der Waals surface area contributed by atoms with Gasteiger partial charge in [0.15, 0.2) is 0 Å². The standard InChI is InChI=1S/C15H23N3O/c1-12(13-4-3-7-17-10-13)14(19)18-11-15(2)5-8-16-9-6-15/h3-4,7,10,12,16H,5-6,8-9,11H2,1-2H3,(H,18,19). The predicted molar refractivity (Wildman–Crippen MR) is 75.9 cm³/mol. The Labute approximate surface area is 115 Å². The molecule has 4 heteroatoms. The van der Waals surface area contributed by atoms with Crippen molar-refractivity contribution in [2.24, 2.45) is 5.41 Å². The van der Waals surface area contributed by atoms with Gasteiger partial charge in [0.05, 0.1) is 5.92 Å². The van der Waals surface area contributed by atoms with Crippen molar-refractivity contribution in [3.05, 3.63) is 30.1 Å². The average Bonchev–Trinajstić information content (AvgIpc) is 2.46. The number of hydrogen-bond acceptors (Lipinski definition) is 3. The van der Waals surface area contributed by atoms with E-state index >= 15 is 0 Å². The first-order valence-electron chi connectivity index (χ1n) is 6.99. The normalized spacial score (nSPS) is 19.7. The molecule has 1 atom stereocenters. The van der Waals surface area contributed by atoms with Crippen LogP contribution in [0.15, 0.2) is 24.5 Å². The van der Waals surface area contributed by atoms with Crippen molar-refractivity contribution >= 4 is 5.91 Å². The van der Waals surface area contributed by atoms with Crippen LogP contribution in [0.1, 0.15) is 38.2 Å². The molecule has 1 fully saturated rings. The fraction of sp³-hybridized carbons (Fsp3) is 0.600. The maximum Gasteiger partial charge on any atom is 0.227 e. The second-order valence-corrected chi connectivity index (χ2v) is 5.79. The van der Waals surface area contributed by atoms with Gasteiger partial charge in [0.25, 0.3) is 0 Å². The van der Waals surface area contributed by atoms with E-state index in [4.69, 9.17) is 0 Å². The van der Waals surface area contributed by atoms with E-state index < -0.39 is 0 Å². The van der Waals surface area contributed by atoms with Crippen molar-refractivity contribution in [2.45, 2.75) is 32.6 Å². The molecule has 2 N–H and O–H groups in total. The molecule has 0 saturated carbocycles. The highest BCUT2D eigenvalue weighted by atomic mass is 16.1. The van der Waals surface area contributed by atoms with Crippen LogP contribution in [0.4, 0.5) is 0 Å². The smallest absolute Gasteiger partial charge is 0.227 e. The summed E-state index contributed by atoms with van der Waals surface area (Å²) >= 11 is 0. The van der Waals surface area contributed by atoms with Crippen LogP contribution in [0, 0.1) is 5.41 Å². The highest BCUT2D eigenvalue weighted by Crippen LogP contribution is 2.27. The second-order valence-electron chi connectivity index (χ2n) is 5.79. The van der Waals surface area contributed by atoms with Gasteiger partial charge < -0.3 is 10.6 Å². The van der Waals surface area contributed by atoms with E-state index in [1.807, 2.05) is 19.1 Å². The third kappa shape index (κ3) is 3.77. The Morgan fingerprint density at radius 3 is 2.89 bits per heavy atom. The molecule has 0 radical (unpaired) electrons. The fourth-order valence-corrected chi connectivity index (χ4v) is 2.44. The topological polar surface area (TPSA) is 54.0 Å². The van der Waals surface area contributed by atoms with Crippen LogP contribution in [0.2, 0.25) is 0 Å². The van der Waals surface area contributed by atoms with Crippen molar-refractivity contribution in [3.63, 3.8) is 0 Å². The minimum atomic E-state index is -0.140. The minimum absolute atomic E-state index is 0.0905. The molecule has 19 heavy (non-hydrogen) atoms. The van der Waals surface area contributed by atoms with Gasteiger partial charge in [-0.3, -0.25) is 9.78 Å². The van der Waals surface area contributed by atoms with Gasteiger partial charge >= 0.3 is 0 Å². The molecule has 1 aromatic heterocycles. The van der Waals surface area contributed by atoms with Crippen LogP contribution in [-0.2, 0) is 4.79 Å². The Balaban J connectivity index is 1.87. The first-order chi connectivity index (χ1) is 9.11. The molecule has 0 spiro atoms. The molecule has 1 aliphatic heterocycles. The molecular weight excluding hydrogens is 238 g/mol. The molecule has 2 heterocycles. The number of aromatic nitrogens is 1. The van der Waals surface area contributed by atoms with Crippen LogP contribution in [0.5, 0.6) is 0 Å². The maximum absolute atomic E-state index is 12.2. The van der Waals surface area contributed by atoms with Crippen molar-refractivity contribution < 1.29 is 4.79 Å². The molecule has 1 aliphatic rings. The highest BCUT2D eigenvalue weighted by Gasteiger charge is 2.27. The predicted octanol–water partition coefficient (Wildman–Crippen LogP) is 1.69. The zero-order valence-corrected chi connectivity index (χ0v) is 11.8. The number of carbonyl (C=O) groups excluding carboxylic acids is 1. The maximum atomic E-state index is 12.2. The molecule has 104 valence electrons. The summed E-state index contributed by atoms with van der Waals surface area (Å²) in [5.41, 5.74) is 1.20. The Bertz CT molecular complexity index is 413. The second kappa shape index (κ2) is 6.15. The van der Waals surface area contributed by atoms with E-state index in [0.717, 1.165) is 38.0 Å². The largest absolute Gasteiger partial charge is 0.355 e. The van der Waals surface area contributed by atoms with Crippen molar-refractivity contribution in [2.75, 3.05) is 19.6 Å². The fourth-order valence-electron chi connectivity index (χ4n) is 2.44. The summed E-state index contributed by atoms with van der Waals surface area (Å²) < 4.78 is 0. The molecule has 1 aromatic rings. The van der Waals surface area contributed by atoms with Gasteiger partial charge in [-0.15, -0.1) is 0 Å². The lowest BCUT2D eigenvalue weighted by molar-refractivity contribution is -0.122. The summed E-state index contributed by atoms with van der Waals surface area (Å²) in [6.07, 6.45) is 5.73. The number of rotatable bonds is 4. The summed E-state index contributed by atoms with van der Waals surface area (Å²) in [5, 5.41) is 6.45. The van der Waals surface area contributed by atoms with E-state index in [2.05, 4.69) is 22.5 Å². The Hall–Kier alpha value is -1.42. The third-order valence-electron chi connectivity index (χ3n) is 4.08. The van der Waals surface area contributed by atoms with Gasteiger partial charge in [0, 0.05) is 18.9 Å². The van der Waals surface area contributed by atoms with Gasteiger partial charge in [0.1, 0.15) is 0 Å². The van der Waals surface area contributed by atoms with Crippen molar-refractivity contribution in [1.82, 2.24) is 15.6 Å². The number of carbonyl (C=O) groups is 1. The van der Waals surface area contributed by atoms with E-state index in [9.17, 15) is 4.79 Å². The third-order valence-corrected chi connectivity index (χ3v) is 4.08. The Morgan fingerprint density at radius 2 is 2.26 bits per heavy atom. The molecule has 0 aliphatic carbocycles.